The summed E-state index contributed by atoms with van der Waals surface area (Å²) in [6, 6.07) is 6.74. The summed E-state index contributed by atoms with van der Waals surface area (Å²) in [5.74, 6) is -0.0655. The van der Waals surface area contributed by atoms with Crippen molar-refractivity contribution in [3.63, 3.8) is 0 Å². The summed E-state index contributed by atoms with van der Waals surface area (Å²) in [5, 5.41) is 3.02. The lowest BCUT2D eigenvalue weighted by Gasteiger charge is -2.39. The fourth-order valence-electron chi connectivity index (χ4n) is 3.92. The lowest BCUT2D eigenvalue weighted by Crippen LogP contribution is -2.48. The molecule has 120 valence electrons. The Kier molecular flexibility index (Phi) is 3.28. The lowest BCUT2D eigenvalue weighted by molar-refractivity contribution is -0.128. The molecular formula is C18H22N4O. The lowest BCUT2D eigenvalue weighted by atomic mass is 9.80. The zero-order valence-corrected chi connectivity index (χ0v) is 13.8. The quantitative estimate of drug-likeness (QED) is 0.829. The van der Waals surface area contributed by atoms with Crippen molar-refractivity contribution in [1.82, 2.24) is 20.3 Å². The largest absolute Gasteiger partial charge is 0.361 e. The summed E-state index contributed by atoms with van der Waals surface area (Å²) in [5.41, 5.74) is 8.00. The highest BCUT2D eigenvalue weighted by molar-refractivity contribution is 5.99. The monoisotopic (exact) mass is 310 g/mol. The van der Waals surface area contributed by atoms with Crippen molar-refractivity contribution < 1.29 is 4.79 Å². The number of amides is 1. The van der Waals surface area contributed by atoms with Gasteiger partial charge in [-0.3, -0.25) is 15.1 Å². The summed E-state index contributed by atoms with van der Waals surface area (Å²) >= 11 is 0. The van der Waals surface area contributed by atoms with Gasteiger partial charge in [-0.2, -0.15) is 0 Å². The van der Waals surface area contributed by atoms with Crippen LogP contribution < -0.4 is 5.43 Å². The number of carbonyl (C=O) groups is 1. The van der Waals surface area contributed by atoms with Gasteiger partial charge in [0.1, 0.15) is 0 Å². The molecule has 2 N–H and O–H groups in total. The second kappa shape index (κ2) is 5.22. The minimum Gasteiger partial charge on any atom is -0.361 e. The van der Waals surface area contributed by atoms with Gasteiger partial charge in [-0.25, -0.2) is 5.01 Å². The van der Waals surface area contributed by atoms with Gasteiger partial charge in [0.15, 0.2) is 0 Å². The van der Waals surface area contributed by atoms with Crippen molar-refractivity contribution >= 4 is 22.4 Å². The molecule has 0 spiro atoms. The van der Waals surface area contributed by atoms with E-state index in [1.54, 1.807) is 5.01 Å². The van der Waals surface area contributed by atoms with Crippen LogP contribution in [0.4, 0.5) is 0 Å². The van der Waals surface area contributed by atoms with Crippen LogP contribution in [0.5, 0.6) is 0 Å². The van der Waals surface area contributed by atoms with E-state index in [0.717, 1.165) is 13.0 Å². The number of nitrogens with zero attached hydrogens (tertiary/aromatic N) is 2. The Balaban J connectivity index is 1.80. The first-order valence-electron chi connectivity index (χ1n) is 8.03. The fraction of sp³-hybridized carbons (Fsp3) is 0.389. The van der Waals surface area contributed by atoms with E-state index in [1.807, 2.05) is 14.1 Å². The van der Waals surface area contributed by atoms with Crippen molar-refractivity contribution in [2.45, 2.75) is 12.5 Å². The van der Waals surface area contributed by atoms with E-state index in [-0.39, 0.29) is 11.8 Å². The van der Waals surface area contributed by atoms with Crippen molar-refractivity contribution in [2.75, 3.05) is 27.7 Å². The molecule has 1 aliphatic heterocycles. The Hall–Kier alpha value is -2.11. The number of hydrazine groups is 1. The fourth-order valence-corrected chi connectivity index (χ4v) is 3.92. The van der Waals surface area contributed by atoms with Gasteiger partial charge in [-0.15, -0.1) is 0 Å². The highest BCUT2D eigenvalue weighted by Gasteiger charge is 2.35. The molecule has 1 aromatic carbocycles. The SMILES string of the molecule is CN(C)NC(=O)C1C=C2c3cccc4[nH]cc(c34)CC2N(C)C1. The molecular weight excluding hydrogens is 288 g/mol. The first kappa shape index (κ1) is 14.5. The Bertz CT molecular complexity index is 804. The predicted molar refractivity (Wildman–Crippen MR) is 91.7 cm³/mol. The summed E-state index contributed by atoms with van der Waals surface area (Å²) in [7, 11) is 5.80. The number of nitrogens with one attached hydrogen (secondary N) is 2. The number of fused-ring (bicyclic) bond motifs is 2. The van der Waals surface area contributed by atoms with Crippen LogP contribution >= 0.6 is 0 Å². The molecule has 2 aliphatic rings. The predicted octanol–water partition coefficient (Wildman–Crippen LogP) is 1.63. The maximum atomic E-state index is 12.4. The summed E-state index contributed by atoms with van der Waals surface area (Å²) < 4.78 is 0. The number of aromatic nitrogens is 1. The van der Waals surface area contributed by atoms with E-state index >= 15 is 0 Å². The number of aromatic amines is 1. The minimum atomic E-state index is -0.121. The molecule has 0 fully saturated rings. The summed E-state index contributed by atoms with van der Waals surface area (Å²) in [6.07, 6.45) is 5.30. The number of benzene rings is 1. The van der Waals surface area contributed by atoms with E-state index in [2.05, 4.69) is 52.8 Å². The molecule has 0 bridgehead atoms. The highest BCUT2D eigenvalue weighted by atomic mass is 16.2. The molecule has 5 nitrogen and oxygen atoms in total. The number of hydrogen-bond acceptors (Lipinski definition) is 3. The van der Waals surface area contributed by atoms with Crippen molar-refractivity contribution in [3.05, 3.63) is 41.6 Å². The molecule has 1 aromatic heterocycles. The van der Waals surface area contributed by atoms with Crippen LogP contribution in [0.1, 0.15) is 11.1 Å². The van der Waals surface area contributed by atoms with Crippen LogP contribution in [0.25, 0.3) is 16.5 Å². The highest BCUT2D eigenvalue weighted by Crippen LogP contribution is 2.40. The molecule has 2 atom stereocenters. The molecule has 5 heteroatoms. The van der Waals surface area contributed by atoms with Gasteiger partial charge in [0.25, 0.3) is 0 Å². The molecule has 2 aromatic rings. The molecule has 0 saturated carbocycles. The van der Waals surface area contributed by atoms with Crippen molar-refractivity contribution in [2.24, 2.45) is 5.92 Å². The standard InChI is InChI=1S/C18H22N4O/c1-21(2)20-18(23)12-7-14-13-5-4-6-15-17(13)11(9-19-15)8-16(14)22(3)10-12/h4-7,9,12,16,19H,8,10H2,1-3H3,(H,20,23). The molecule has 2 unspecified atom stereocenters. The van der Waals surface area contributed by atoms with Gasteiger partial charge < -0.3 is 4.98 Å². The van der Waals surface area contributed by atoms with Crippen molar-refractivity contribution in [1.29, 1.82) is 0 Å². The average molecular weight is 310 g/mol. The Morgan fingerprint density at radius 2 is 2.22 bits per heavy atom. The second-order valence-corrected chi connectivity index (χ2v) is 6.80. The Morgan fingerprint density at radius 1 is 1.39 bits per heavy atom. The molecule has 0 saturated heterocycles. The van der Waals surface area contributed by atoms with Gasteiger partial charge in [0.2, 0.25) is 5.91 Å². The molecule has 23 heavy (non-hydrogen) atoms. The number of rotatable bonds is 2. The number of hydrogen-bond donors (Lipinski definition) is 2. The van der Waals surface area contributed by atoms with Crippen LogP contribution in [0.3, 0.4) is 0 Å². The van der Waals surface area contributed by atoms with Gasteiger partial charge in [0, 0.05) is 43.8 Å². The zero-order valence-electron chi connectivity index (χ0n) is 13.8. The molecule has 4 rings (SSSR count). The third-order valence-corrected chi connectivity index (χ3v) is 4.94. The first-order valence-corrected chi connectivity index (χ1v) is 8.03. The van der Waals surface area contributed by atoms with Gasteiger partial charge in [-0.1, -0.05) is 18.2 Å². The van der Waals surface area contributed by atoms with E-state index in [4.69, 9.17) is 0 Å². The topological polar surface area (TPSA) is 51.4 Å². The Morgan fingerprint density at radius 3 is 3.00 bits per heavy atom. The minimum absolute atomic E-state index is 0.0554. The number of likely N-dealkylation sites (N-methyl/N-ethyl adjacent to an activating group) is 1. The zero-order chi connectivity index (χ0) is 16.1. The molecule has 1 amide bonds. The van der Waals surface area contributed by atoms with Crippen LogP contribution in [0.2, 0.25) is 0 Å². The summed E-state index contributed by atoms with van der Waals surface area (Å²) in [6.45, 7) is 0.754. The maximum absolute atomic E-state index is 12.4. The van der Waals surface area contributed by atoms with Crippen LogP contribution in [0, 0.1) is 5.92 Å². The number of carbonyl (C=O) groups excluding carboxylic acids is 1. The van der Waals surface area contributed by atoms with E-state index in [9.17, 15) is 4.79 Å². The molecule has 0 radical (unpaired) electrons. The van der Waals surface area contributed by atoms with Crippen LogP contribution in [0.15, 0.2) is 30.5 Å². The first-order chi connectivity index (χ1) is 11.0. The van der Waals surface area contributed by atoms with Gasteiger partial charge in [-0.05, 0) is 36.2 Å². The third kappa shape index (κ3) is 2.28. The smallest absolute Gasteiger partial charge is 0.242 e. The normalized spacial score (nSPS) is 23.7. The maximum Gasteiger partial charge on any atom is 0.242 e. The van der Waals surface area contributed by atoms with Gasteiger partial charge >= 0.3 is 0 Å². The third-order valence-electron chi connectivity index (χ3n) is 4.94. The Labute approximate surface area is 135 Å². The van der Waals surface area contributed by atoms with E-state index < -0.39 is 0 Å². The summed E-state index contributed by atoms with van der Waals surface area (Å²) in [4.78, 5) is 18.1. The molecule has 2 heterocycles. The van der Waals surface area contributed by atoms with Crippen LogP contribution in [-0.2, 0) is 11.2 Å². The van der Waals surface area contributed by atoms with Gasteiger partial charge in [0.05, 0.1) is 5.92 Å². The van der Waals surface area contributed by atoms with Crippen molar-refractivity contribution in [3.8, 4) is 0 Å². The molecule has 1 aliphatic carbocycles. The number of H-pyrrole nitrogens is 1. The van der Waals surface area contributed by atoms with E-state index in [0.29, 0.717) is 6.04 Å². The average Bonchev–Trinajstić information content (AvgIpc) is 2.92. The van der Waals surface area contributed by atoms with E-state index in [1.165, 1.54) is 27.6 Å². The van der Waals surface area contributed by atoms with Crippen LogP contribution in [-0.4, -0.2) is 54.5 Å². The second-order valence-electron chi connectivity index (χ2n) is 6.80.